The number of thiophene rings is 1. The van der Waals surface area contributed by atoms with Crippen molar-refractivity contribution >= 4 is 39.2 Å². The molecule has 0 unspecified atom stereocenters. The molecular weight excluding hydrogens is 380 g/mol. The number of thioether (sulfide) groups is 1. The van der Waals surface area contributed by atoms with Gasteiger partial charge in [0.15, 0.2) is 0 Å². The van der Waals surface area contributed by atoms with Gasteiger partial charge in [-0.25, -0.2) is 4.98 Å². The molecule has 0 aromatic carbocycles. The van der Waals surface area contributed by atoms with Gasteiger partial charge in [-0.15, -0.1) is 23.1 Å². The summed E-state index contributed by atoms with van der Waals surface area (Å²) in [6, 6.07) is 7.66. The topological polar surface area (TPSA) is 87.7 Å². The molecule has 0 atom stereocenters. The number of nitrogens with zero attached hydrogens (tertiary/aromatic N) is 2. The second kappa shape index (κ2) is 9.14. The van der Waals surface area contributed by atoms with Crippen LogP contribution in [0.3, 0.4) is 0 Å². The highest BCUT2D eigenvalue weighted by Crippen LogP contribution is 2.27. The molecule has 3 rings (SSSR count). The van der Waals surface area contributed by atoms with E-state index in [1.54, 1.807) is 17.5 Å². The molecule has 0 fully saturated rings. The molecule has 0 spiro atoms. The molecule has 0 aliphatic heterocycles. The molecule has 6 nitrogen and oxygen atoms in total. The van der Waals surface area contributed by atoms with Crippen LogP contribution in [0.2, 0.25) is 0 Å². The molecule has 3 aromatic heterocycles. The van der Waals surface area contributed by atoms with Crippen LogP contribution in [0.4, 0.5) is 0 Å². The lowest BCUT2D eigenvalue weighted by Crippen LogP contribution is -2.27. The van der Waals surface area contributed by atoms with E-state index in [1.165, 1.54) is 11.8 Å². The first-order valence-electron chi connectivity index (χ1n) is 8.80. The Hall–Kier alpha value is -2.19. The third-order valence-corrected chi connectivity index (χ3v) is 6.21. The third kappa shape index (κ3) is 5.40. The average molecular weight is 403 g/mol. The highest BCUT2D eigenvalue weighted by atomic mass is 32.2. The molecular formula is C19H22N4O2S2. The Labute approximate surface area is 165 Å². The summed E-state index contributed by atoms with van der Waals surface area (Å²) in [7, 11) is 0. The first-order chi connectivity index (χ1) is 13.0. The van der Waals surface area contributed by atoms with Gasteiger partial charge < -0.3 is 10.3 Å². The molecule has 0 aliphatic rings. The molecule has 0 bridgehead atoms. The summed E-state index contributed by atoms with van der Waals surface area (Å²) in [5.74, 6) is 1.77. The van der Waals surface area contributed by atoms with Gasteiger partial charge in [-0.1, -0.05) is 19.9 Å². The number of fused-ring (bicyclic) bond motifs is 1. The van der Waals surface area contributed by atoms with Gasteiger partial charge in [-0.3, -0.25) is 14.6 Å². The van der Waals surface area contributed by atoms with Crippen LogP contribution in [0.25, 0.3) is 10.2 Å². The fraction of sp³-hybridized carbons (Fsp3) is 0.368. The van der Waals surface area contributed by atoms with Gasteiger partial charge in [0.1, 0.15) is 10.7 Å². The van der Waals surface area contributed by atoms with E-state index < -0.39 is 0 Å². The molecule has 3 heterocycles. The number of H-pyrrole nitrogens is 1. The van der Waals surface area contributed by atoms with Gasteiger partial charge in [0.25, 0.3) is 5.56 Å². The van der Waals surface area contributed by atoms with E-state index in [4.69, 9.17) is 0 Å². The second-order valence-electron chi connectivity index (χ2n) is 6.45. The van der Waals surface area contributed by atoms with E-state index in [0.717, 1.165) is 15.4 Å². The molecule has 8 heteroatoms. The van der Waals surface area contributed by atoms with Gasteiger partial charge in [0.2, 0.25) is 5.91 Å². The predicted octanol–water partition coefficient (Wildman–Crippen LogP) is 3.10. The molecule has 27 heavy (non-hydrogen) atoms. The maximum Gasteiger partial charge on any atom is 0.259 e. The van der Waals surface area contributed by atoms with Crippen molar-refractivity contribution in [3.63, 3.8) is 0 Å². The summed E-state index contributed by atoms with van der Waals surface area (Å²) in [5, 5.41) is 3.53. The van der Waals surface area contributed by atoms with Crippen molar-refractivity contribution in [2.45, 2.75) is 31.9 Å². The van der Waals surface area contributed by atoms with Crippen LogP contribution < -0.4 is 10.9 Å². The quantitative estimate of drug-likeness (QED) is 0.604. The Balaban J connectivity index is 1.48. The number of carbonyl (C=O) groups excluding carboxylic acids is 1. The Morgan fingerprint density at radius 3 is 2.96 bits per heavy atom. The summed E-state index contributed by atoms with van der Waals surface area (Å²) < 4.78 is 0. The molecule has 0 saturated carbocycles. The summed E-state index contributed by atoms with van der Waals surface area (Å²) in [6.07, 6.45) is 2.45. The lowest BCUT2D eigenvalue weighted by molar-refractivity contribution is -0.118. The molecule has 142 valence electrons. The van der Waals surface area contributed by atoms with Gasteiger partial charge in [0.05, 0.1) is 16.9 Å². The van der Waals surface area contributed by atoms with Crippen molar-refractivity contribution in [3.05, 3.63) is 57.2 Å². The van der Waals surface area contributed by atoms with E-state index in [0.29, 0.717) is 41.6 Å². The van der Waals surface area contributed by atoms with E-state index in [9.17, 15) is 9.59 Å². The first-order valence-corrected chi connectivity index (χ1v) is 10.8. The minimum atomic E-state index is -0.112. The predicted molar refractivity (Wildman–Crippen MR) is 111 cm³/mol. The number of rotatable bonds is 8. The van der Waals surface area contributed by atoms with Crippen molar-refractivity contribution < 1.29 is 4.79 Å². The monoisotopic (exact) mass is 402 g/mol. The standard InChI is InChI=1S/C19H22N4O2S2/c1-12(2)15-9-14-18(25)22-16(23-19(14)27-15)10-26-11-17(24)21-8-6-13-5-3-4-7-20-13/h3-5,7,9,12H,6,8,10-11H2,1-2H3,(H,21,24)(H,22,23,25). The van der Waals surface area contributed by atoms with Crippen LogP contribution in [0, 0.1) is 0 Å². The molecule has 0 aliphatic carbocycles. The molecule has 2 N–H and O–H groups in total. The Kier molecular flexibility index (Phi) is 6.63. The highest BCUT2D eigenvalue weighted by molar-refractivity contribution is 7.99. The van der Waals surface area contributed by atoms with Crippen molar-refractivity contribution in [3.8, 4) is 0 Å². The summed E-state index contributed by atoms with van der Waals surface area (Å²) in [5.41, 5.74) is 0.843. The third-order valence-electron chi connectivity index (χ3n) is 3.94. The van der Waals surface area contributed by atoms with Gasteiger partial charge >= 0.3 is 0 Å². The van der Waals surface area contributed by atoms with Crippen molar-refractivity contribution in [2.75, 3.05) is 12.3 Å². The van der Waals surface area contributed by atoms with Gasteiger partial charge in [0, 0.05) is 29.7 Å². The minimum Gasteiger partial charge on any atom is -0.355 e. The molecule has 0 saturated heterocycles. The van der Waals surface area contributed by atoms with Gasteiger partial charge in [-0.2, -0.15) is 0 Å². The van der Waals surface area contributed by atoms with E-state index in [2.05, 4.69) is 34.1 Å². The number of pyridine rings is 1. The van der Waals surface area contributed by atoms with Crippen LogP contribution in [0.15, 0.2) is 35.3 Å². The molecule has 3 aromatic rings. The van der Waals surface area contributed by atoms with Crippen LogP contribution in [-0.2, 0) is 17.0 Å². The molecule has 0 radical (unpaired) electrons. The van der Waals surface area contributed by atoms with E-state index in [-0.39, 0.29) is 11.5 Å². The number of hydrogen-bond acceptors (Lipinski definition) is 6. The Morgan fingerprint density at radius 1 is 1.37 bits per heavy atom. The summed E-state index contributed by atoms with van der Waals surface area (Å²) in [4.78, 5) is 37.7. The minimum absolute atomic E-state index is 0.0300. The zero-order chi connectivity index (χ0) is 19.2. The van der Waals surface area contributed by atoms with Crippen molar-refractivity contribution in [2.24, 2.45) is 0 Å². The normalized spacial score (nSPS) is 11.2. The lowest BCUT2D eigenvalue weighted by atomic mass is 10.2. The maximum absolute atomic E-state index is 12.2. The number of aromatic amines is 1. The molecule has 1 amide bonds. The smallest absolute Gasteiger partial charge is 0.259 e. The summed E-state index contributed by atoms with van der Waals surface area (Å²) >= 11 is 2.99. The van der Waals surface area contributed by atoms with Crippen LogP contribution in [-0.4, -0.2) is 33.2 Å². The second-order valence-corrected chi connectivity index (χ2v) is 8.50. The average Bonchev–Trinajstić information content (AvgIpc) is 3.08. The largest absolute Gasteiger partial charge is 0.355 e. The van der Waals surface area contributed by atoms with Gasteiger partial charge in [-0.05, 0) is 24.1 Å². The zero-order valence-electron chi connectivity index (χ0n) is 15.3. The number of nitrogens with one attached hydrogen (secondary N) is 2. The fourth-order valence-corrected chi connectivity index (χ4v) is 4.29. The first kappa shape index (κ1) is 19.6. The zero-order valence-corrected chi connectivity index (χ0v) is 17.0. The lowest BCUT2D eigenvalue weighted by Gasteiger charge is -2.05. The van der Waals surface area contributed by atoms with E-state index in [1.807, 2.05) is 24.3 Å². The van der Waals surface area contributed by atoms with E-state index >= 15 is 0 Å². The van der Waals surface area contributed by atoms with Crippen LogP contribution in [0.1, 0.15) is 36.2 Å². The SMILES string of the molecule is CC(C)c1cc2c(=O)[nH]c(CSCC(=O)NCCc3ccccn3)nc2s1. The Morgan fingerprint density at radius 2 is 2.22 bits per heavy atom. The number of aromatic nitrogens is 3. The number of carbonyl (C=O) groups is 1. The van der Waals surface area contributed by atoms with Crippen LogP contribution >= 0.6 is 23.1 Å². The van der Waals surface area contributed by atoms with Crippen LogP contribution in [0.5, 0.6) is 0 Å². The number of amides is 1. The highest BCUT2D eigenvalue weighted by Gasteiger charge is 2.11. The van der Waals surface area contributed by atoms with Crippen molar-refractivity contribution in [1.29, 1.82) is 0 Å². The van der Waals surface area contributed by atoms with Crippen molar-refractivity contribution in [1.82, 2.24) is 20.3 Å². The Bertz CT molecular complexity index is 967. The summed E-state index contributed by atoms with van der Waals surface area (Å²) in [6.45, 7) is 4.76. The maximum atomic E-state index is 12.2. The number of hydrogen-bond donors (Lipinski definition) is 2. The fourth-order valence-electron chi connectivity index (χ4n) is 2.52.